The van der Waals surface area contributed by atoms with E-state index in [9.17, 15) is 13.2 Å². The summed E-state index contributed by atoms with van der Waals surface area (Å²) in [5.74, 6) is -0.108. The number of rotatable bonds is 5. The third-order valence-electron chi connectivity index (χ3n) is 5.82. The highest BCUT2D eigenvalue weighted by atomic mass is 32.2. The first-order valence-corrected chi connectivity index (χ1v) is 11.6. The van der Waals surface area contributed by atoms with Gasteiger partial charge < -0.3 is 10.2 Å². The Morgan fingerprint density at radius 1 is 1.07 bits per heavy atom. The summed E-state index contributed by atoms with van der Waals surface area (Å²) in [6.45, 7) is 3.57. The van der Waals surface area contributed by atoms with Gasteiger partial charge in [0.2, 0.25) is 15.9 Å². The molecule has 0 unspecified atom stereocenters. The van der Waals surface area contributed by atoms with Gasteiger partial charge in [0.15, 0.2) is 0 Å². The first-order valence-electron chi connectivity index (χ1n) is 10.2. The Balaban J connectivity index is 1.43. The molecule has 1 saturated heterocycles. The van der Waals surface area contributed by atoms with Crippen molar-refractivity contribution in [3.05, 3.63) is 54.1 Å². The molecule has 2 heterocycles. The number of anilines is 2. The van der Waals surface area contributed by atoms with Gasteiger partial charge in [-0.15, -0.1) is 0 Å². The van der Waals surface area contributed by atoms with Crippen LogP contribution < -0.4 is 10.2 Å². The summed E-state index contributed by atoms with van der Waals surface area (Å²) < 4.78 is 26.8. The van der Waals surface area contributed by atoms with Crippen molar-refractivity contribution in [3.63, 3.8) is 0 Å². The van der Waals surface area contributed by atoms with Crippen LogP contribution in [0.4, 0.5) is 11.4 Å². The van der Waals surface area contributed by atoms with Crippen molar-refractivity contribution in [3.8, 4) is 0 Å². The Morgan fingerprint density at radius 2 is 1.76 bits per heavy atom. The van der Waals surface area contributed by atoms with Crippen LogP contribution in [0.2, 0.25) is 0 Å². The third kappa shape index (κ3) is 4.16. The molecular formula is C22H27N3O3S. The number of aryl methyl sites for hydroxylation is 1. The van der Waals surface area contributed by atoms with Crippen molar-refractivity contribution in [1.29, 1.82) is 0 Å². The molecule has 7 heteroatoms. The van der Waals surface area contributed by atoms with Gasteiger partial charge in [-0.25, -0.2) is 8.42 Å². The minimum absolute atomic E-state index is 0.108. The maximum Gasteiger partial charge on any atom is 0.243 e. The van der Waals surface area contributed by atoms with E-state index < -0.39 is 10.0 Å². The lowest BCUT2D eigenvalue weighted by molar-refractivity contribution is -0.115. The second-order valence-electron chi connectivity index (χ2n) is 7.83. The maximum atomic E-state index is 12.6. The maximum absolute atomic E-state index is 12.6. The van der Waals surface area contributed by atoms with Crippen LogP contribution in [-0.2, 0) is 21.2 Å². The minimum atomic E-state index is -3.43. The van der Waals surface area contributed by atoms with Crippen LogP contribution in [0.1, 0.15) is 31.7 Å². The molecule has 0 bridgehead atoms. The highest BCUT2D eigenvalue weighted by Crippen LogP contribution is 2.30. The summed E-state index contributed by atoms with van der Waals surface area (Å²) in [6, 6.07) is 15.0. The average Bonchev–Trinajstić information content (AvgIpc) is 3.26. The Hall–Kier alpha value is -2.38. The van der Waals surface area contributed by atoms with Crippen LogP contribution in [0.3, 0.4) is 0 Å². The lowest BCUT2D eigenvalue weighted by atomic mass is 9.96. The summed E-state index contributed by atoms with van der Waals surface area (Å²) in [5, 5.41) is 2.90. The van der Waals surface area contributed by atoms with E-state index in [2.05, 4.69) is 29.3 Å². The van der Waals surface area contributed by atoms with Crippen LogP contribution >= 0.6 is 0 Å². The van der Waals surface area contributed by atoms with Crippen molar-refractivity contribution in [2.75, 3.05) is 29.9 Å². The molecule has 6 nitrogen and oxygen atoms in total. The number of hydrogen-bond acceptors (Lipinski definition) is 4. The van der Waals surface area contributed by atoms with Crippen LogP contribution in [-0.4, -0.2) is 44.3 Å². The van der Waals surface area contributed by atoms with E-state index in [0.29, 0.717) is 24.8 Å². The third-order valence-corrected chi connectivity index (χ3v) is 7.73. The number of nitrogens with zero attached hydrogens (tertiary/aromatic N) is 2. The molecule has 1 amide bonds. The first kappa shape index (κ1) is 19.9. The summed E-state index contributed by atoms with van der Waals surface area (Å²) in [7, 11) is -3.43. The van der Waals surface area contributed by atoms with Crippen molar-refractivity contribution in [1.82, 2.24) is 4.31 Å². The van der Waals surface area contributed by atoms with Gasteiger partial charge in [-0.3, -0.25) is 4.79 Å². The van der Waals surface area contributed by atoms with Gasteiger partial charge in [-0.05, 0) is 68.5 Å². The fourth-order valence-electron chi connectivity index (χ4n) is 4.14. The lowest BCUT2D eigenvalue weighted by Gasteiger charge is -2.36. The quantitative estimate of drug-likeness (QED) is 0.817. The van der Waals surface area contributed by atoms with Crippen molar-refractivity contribution in [2.24, 2.45) is 0 Å². The molecule has 4 rings (SSSR count). The van der Waals surface area contributed by atoms with Crippen molar-refractivity contribution in [2.45, 2.75) is 43.5 Å². The van der Waals surface area contributed by atoms with E-state index in [-0.39, 0.29) is 17.3 Å². The highest BCUT2D eigenvalue weighted by molar-refractivity contribution is 7.89. The molecule has 2 aliphatic heterocycles. The minimum Gasteiger partial charge on any atom is -0.359 e. The van der Waals surface area contributed by atoms with Crippen LogP contribution in [0.5, 0.6) is 0 Å². The number of carbonyl (C=O) groups excluding carboxylic acids is 1. The molecule has 0 spiro atoms. The molecule has 2 aromatic carbocycles. The largest absolute Gasteiger partial charge is 0.359 e. The number of benzene rings is 2. The van der Waals surface area contributed by atoms with E-state index >= 15 is 0 Å². The van der Waals surface area contributed by atoms with Gasteiger partial charge in [0.25, 0.3) is 0 Å². The Labute approximate surface area is 172 Å². The van der Waals surface area contributed by atoms with Gasteiger partial charge in [0, 0.05) is 30.5 Å². The topological polar surface area (TPSA) is 69.7 Å². The molecule has 154 valence electrons. The van der Waals surface area contributed by atoms with Crippen LogP contribution in [0, 0.1) is 0 Å². The Morgan fingerprint density at radius 3 is 2.48 bits per heavy atom. The van der Waals surface area contributed by atoms with E-state index in [4.69, 9.17) is 0 Å². The van der Waals surface area contributed by atoms with Gasteiger partial charge in [0.1, 0.15) is 0 Å². The SMILES string of the molecule is C[C@@H]1CCc2ccccc2N1CC(=O)Nc1ccc(S(=O)(=O)N2CCCC2)cc1. The molecule has 29 heavy (non-hydrogen) atoms. The van der Waals surface area contributed by atoms with Crippen molar-refractivity contribution < 1.29 is 13.2 Å². The molecular weight excluding hydrogens is 386 g/mol. The highest BCUT2D eigenvalue weighted by Gasteiger charge is 2.27. The lowest BCUT2D eigenvalue weighted by Crippen LogP contribution is -2.42. The van der Waals surface area contributed by atoms with Gasteiger partial charge in [-0.1, -0.05) is 18.2 Å². The fraction of sp³-hybridized carbons (Fsp3) is 0.409. The summed E-state index contributed by atoms with van der Waals surface area (Å²) in [5.41, 5.74) is 3.00. The fourth-order valence-corrected chi connectivity index (χ4v) is 5.66. The predicted octanol–water partition coefficient (Wildman–Crippen LogP) is 3.25. The van der Waals surface area contributed by atoms with Crippen LogP contribution in [0.25, 0.3) is 0 Å². The van der Waals surface area contributed by atoms with E-state index in [1.165, 1.54) is 9.87 Å². The second-order valence-corrected chi connectivity index (χ2v) is 9.77. The smallest absolute Gasteiger partial charge is 0.243 e. The summed E-state index contributed by atoms with van der Waals surface area (Å²) in [6.07, 6.45) is 3.87. The number of para-hydroxylation sites is 1. The molecule has 0 aliphatic carbocycles. The predicted molar refractivity (Wildman–Crippen MR) is 115 cm³/mol. The van der Waals surface area contributed by atoms with Crippen LogP contribution in [0.15, 0.2) is 53.4 Å². The number of carbonyl (C=O) groups is 1. The number of sulfonamides is 1. The molecule has 2 aliphatic rings. The number of fused-ring (bicyclic) bond motifs is 1. The number of amides is 1. The number of nitrogens with one attached hydrogen (secondary N) is 1. The zero-order valence-corrected chi connectivity index (χ0v) is 17.5. The molecule has 0 radical (unpaired) electrons. The Kier molecular flexibility index (Phi) is 5.61. The molecule has 1 atom stereocenters. The molecule has 1 fully saturated rings. The number of hydrogen-bond donors (Lipinski definition) is 1. The van der Waals surface area contributed by atoms with Crippen molar-refractivity contribution >= 4 is 27.3 Å². The monoisotopic (exact) mass is 413 g/mol. The summed E-state index contributed by atoms with van der Waals surface area (Å²) >= 11 is 0. The van der Waals surface area contributed by atoms with Gasteiger partial charge >= 0.3 is 0 Å². The van der Waals surface area contributed by atoms with Gasteiger partial charge in [0.05, 0.1) is 11.4 Å². The molecule has 0 saturated carbocycles. The first-order chi connectivity index (χ1) is 13.9. The summed E-state index contributed by atoms with van der Waals surface area (Å²) in [4.78, 5) is 15.1. The Bertz CT molecular complexity index is 983. The van der Waals surface area contributed by atoms with Gasteiger partial charge in [-0.2, -0.15) is 4.31 Å². The zero-order chi connectivity index (χ0) is 20.4. The molecule has 0 aromatic heterocycles. The van der Waals surface area contributed by atoms with E-state index in [1.807, 2.05) is 12.1 Å². The van der Waals surface area contributed by atoms with E-state index in [1.54, 1.807) is 24.3 Å². The zero-order valence-electron chi connectivity index (χ0n) is 16.7. The normalized spacial score (nSPS) is 19.8. The average molecular weight is 414 g/mol. The molecule has 2 aromatic rings. The molecule has 1 N–H and O–H groups in total. The van der Waals surface area contributed by atoms with E-state index in [0.717, 1.165) is 31.4 Å². The second kappa shape index (κ2) is 8.16. The standard InChI is InChI=1S/C22H27N3O3S/c1-17-8-9-18-6-2-3-7-21(18)25(17)16-22(26)23-19-10-12-20(13-11-19)29(27,28)24-14-4-5-15-24/h2-3,6-7,10-13,17H,4-5,8-9,14-16H2,1H3,(H,23,26)/t17-/m1/s1.